The van der Waals surface area contributed by atoms with Crippen LogP contribution in [-0.4, -0.2) is 92.5 Å². The molecule has 12 nitrogen and oxygen atoms in total. The average molecular weight is 492 g/mol. The first-order valence-electron chi connectivity index (χ1n) is 10.3. The Morgan fingerprint density at radius 1 is 0.581 bits per heavy atom. The number of phosphoric acid groups is 2. The zero-order chi connectivity index (χ0) is 22.5. The van der Waals surface area contributed by atoms with Crippen molar-refractivity contribution in [2.75, 3.05) is 92.5 Å². The van der Waals surface area contributed by atoms with Crippen molar-refractivity contribution < 1.29 is 55.2 Å². The van der Waals surface area contributed by atoms with E-state index >= 15 is 0 Å². The minimum Gasteiger partial charge on any atom is -0.379 e. The molecule has 2 aliphatic rings. The Bertz CT molecular complexity index is 512. The van der Waals surface area contributed by atoms with Crippen LogP contribution >= 0.6 is 15.6 Å². The molecular formula is C17H34O12P2. The molecule has 0 saturated carbocycles. The van der Waals surface area contributed by atoms with E-state index in [1.165, 1.54) is 0 Å². The Morgan fingerprint density at radius 2 is 0.903 bits per heavy atom. The summed E-state index contributed by atoms with van der Waals surface area (Å²) in [4.78, 5) is 0. The molecule has 0 bridgehead atoms. The highest BCUT2D eigenvalue weighted by atomic mass is 31.2. The Balaban J connectivity index is 1.59. The van der Waals surface area contributed by atoms with Crippen LogP contribution in [0.3, 0.4) is 0 Å². The molecule has 0 N–H and O–H groups in total. The van der Waals surface area contributed by atoms with Crippen LogP contribution in [0.15, 0.2) is 0 Å². The van der Waals surface area contributed by atoms with Crippen molar-refractivity contribution in [1.29, 1.82) is 0 Å². The predicted octanol–water partition coefficient (Wildman–Crippen LogP) is 2.42. The summed E-state index contributed by atoms with van der Waals surface area (Å²) >= 11 is 0. The van der Waals surface area contributed by atoms with Crippen molar-refractivity contribution in [3.63, 3.8) is 0 Å². The van der Waals surface area contributed by atoms with Gasteiger partial charge in [-0.25, -0.2) is 9.13 Å². The van der Waals surface area contributed by atoms with Gasteiger partial charge in [-0.3, -0.25) is 27.1 Å². The summed E-state index contributed by atoms with van der Waals surface area (Å²) in [6, 6.07) is 0. The molecule has 1 spiro atoms. The van der Waals surface area contributed by atoms with Gasteiger partial charge in [-0.2, -0.15) is 0 Å². The fraction of sp³-hybridized carbons (Fsp3) is 1.00. The lowest BCUT2D eigenvalue weighted by Gasteiger charge is -2.41. The fourth-order valence-electron chi connectivity index (χ4n) is 2.48. The molecule has 0 unspecified atom stereocenters. The van der Waals surface area contributed by atoms with Crippen LogP contribution in [0.4, 0.5) is 0 Å². The topological polar surface area (TPSA) is 126 Å². The van der Waals surface area contributed by atoms with Crippen LogP contribution in [0.5, 0.6) is 0 Å². The number of hydrogen-bond donors (Lipinski definition) is 0. The molecule has 0 radical (unpaired) electrons. The van der Waals surface area contributed by atoms with Crippen LogP contribution in [0, 0.1) is 5.41 Å². The van der Waals surface area contributed by atoms with E-state index in [1.807, 2.05) is 13.8 Å². The van der Waals surface area contributed by atoms with Crippen molar-refractivity contribution in [1.82, 2.24) is 0 Å². The molecule has 0 atom stereocenters. The maximum absolute atomic E-state index is 12.5. The molecule has 2 fully saturated rings. The van der Waals surface area contributed by atoms with Crippen LogP contribution in [0.1, 0.15) is 13.8 Å². The Morgan fingerprint density at radius 3 is 1.26 bits per heavy atom. The number of phosphoric ester groups is 2. The quantitative estimate of drug-likeness (QED) is 0.232. The number of ether oxygens (including phenoxy) is 4. The highest BCUT2D eigenvalue weighted by Crippen LogP contribution is 2.59. The SMILES string of the molecule is CCOCCOCCOP1(=O)OCC2(CO1)COP(=O)(OCCOCCOCC)OC2. The molecule has 31 heavy (non-hydrogen) atoms. The van der Waals surface area contributed by atoms with E-state index in [0.29, 0.717) is 39.6 Å². The fourth-order valence-corrected chi connectivity index (χ4v) is 5.25. The Hall–Kier alpha value is 0.0600. The molecule has 2 saturated heterocycles. The average Bonchev–Trinajstić information content (AvgIpc) is 2.77. The van der Waals surface area contributed by atoms with Crippen molar-refractivity contribution in [3.05, 3.63) is 0 Å². The molecule has 0 aromatic rings. The smallest absolute Gasteiger partial charge is 0.379 e. The third-order valence-electron chi connectivity index (χ3n) is 4.22. The van der Waals surface area contributed by atoms with E-state index in [1.54, 1.807) is 0 Å². The summed E-state index contributed by atoms with van der Waals surface area (Å²) < 4.78 is 77.5. The lowest BCUT2D eigenvalue weighted by atomic mass is 9.93. The van der Waals surface area contributed by atoms with Crippen LogP contribution in [0.2, 0.25) is 0 Å². The van der Waals surface area contributed by atoms with Gasteiger partial charge in [0.15, 0.2) is 0 Å². The lowest BCUT2D eigenvalue weighted by Crippen LogP contribution is -2.45. The number of hydrogen-bond acceptors (Lipinski definition) is 12. The van der Waals surface area contributed by atoms with Gasteiger partial charge in [0.1, 0.15) is 0 Å². The van der Waals surface area contributed by atoms with Gasteiger partial charge in [-0.15, -0.1) is 0 Å². The molecule has 14 heteroatoms. The molecule has 0 aliphatic carbocycles. The zero-order valence-corrected chi connectivity index (χ0v) is 20.0. The molecular weight excluding hydrogens is 458 g/mol. The molecule has 2 rings (SSSR count). The van der Waals surface area contributed by atoms with Gasteiger partial charge in [0.2, 0.25) is 0 Å². The monoisotopic (exact) mass is 492 g/mol. The third-order valence-corrected chi connectivity index (χ3v) is 7.00. The lowest BCUT2D eigenvalue weighted by molar-refractivity contribution is -0.0979. The highest BCUT2D eigenvalue weighted by Gasteiger charge is 2.50. The van der Waals surface area contributed by atoms with Gasteiger partial charge in [-0.05, 0) is 13.8 Å². The van der Waals surface area contributed by atoms with Gasteiger partial charge in [0.25, 0.3) is 0 Å². The van der Waals surface area contributed by atoms with Crippen LogP contribution < -0.4 is 0 Å². The zero-order valence-electron chi connectivity index (χ0n) is 18.2. The van der Waals surface area contributed by atoms with Crippen molar-refractivity contribution in [3.8, 4) is 0 Å². The first kappa shape index (κ1) is 27.3. The van der Waals surface area contributed by atoms with E-state index in [9.17, 15) is 9.13 Å². The summed E-state index contributed by atoms with van der Waals surface area (Å²) in [6.45, 7) is 7.46. The minimum absolute atomic E-state index is 0.00994. The van der Waals surface area contributed by atoms with Crippen LogP contribution in [0.25, 0.3) is 0 Å². The second kappa shape index (κ2) is 14.3. The third kappa shape index (κ3) is 10.2. The van der Waals surface area contributed by atoms with Gasteiger partial charge in [0, 0.05) is 13.2 Å². The van der Waals surface area contributed by atoms with E-state index < -0.39 is 21.1 Å². The number of rotatable bonds is 16. The second-order valence-corrected chi connectivity index (χ2v) is 10.1. The highest BCUT2D eigenvalue weighted by molar-refractivity contribution is 7.48. The summed E-state index contributed by atoms with van der Waals surface area (Å²) in [7, 11) is -7.37. The second-order valence-electron chi connectivity index (χ2n) is 6.77. The Labute approximate surface area is 183 Å². The van der Waals surface area contributed by atoms with Gasteiger partial charge < -0.3 is 18.9 Å². The maximum atomic E-state index is 12.5. The van der Waals surface area contributed by atoms with E-state index in [2.05, 4.69) is 0 Å². The van der Waals surface area contributed by atoms with Crippen molar-refractivity contribution in [2.24, 2.45) is 5.41 Å². The standard InChI is InChI=1S/C17H34O12P2/c1-3-20-5-7-22-9-11-24-30(18)26-13-17(14-27-30)15-28-31(19,29-16-17)25-12-10-23-8-6-21-4-2/h3-16H2,1-2H3. The van der Waals surface area contributed by atoms with Gasteiger partial charge in [-0.1, -0.05) is 0 Å². The summed E-state index contributed by atoms with van der Waals surface area (Å²) in [5.74, 6) is 0. The maximum Gasteiger partial charge on any atom is 0.474 e. The van der Waals surface area contributed by atoms with Gasteiger partial charge >= 0.3 is 15.6 Å². The molecule has 2 heterocycles. The summed E-state index contributed by atoms with van der Waals surface area (Å²) in [5, 5.41) is 0. The first-order valence-corrected chi connectivity index (χ1v) is 13.3. The van der Waals surface area contributed by atoms with Crippen molar-refractivity contribution in [2.45, 2.75) is 13.8 Å². The largest absolute Gasteiger partial charge is 0.474 e. The van der Waals surface area contributed by atoms with Gasteiger partial charge in [0.05, 0.1) is 84.7 Å². The summed E-state index contributed by atoms with van der Waals surface area (Å²) in [5.41, 5.74) is -0.740. The Kier molecular flexibility index (Phi) is 12.6. The first-order chi connectivity index (χ1) is 14.9. The normalized spacial score (nSPS) is 31.3. The minimum atomic E-state index is -3.68. The van der Waals surface area contributed by atoms with E-state index in [0.717, 1.165) is 0 Å². The van der Waals surface area contributed by atoms with Crippen molar-refractivity contribution >= 4 is 15.6 Å². The predicted molar refractivity (Wildman–Crippen MR) is 108 cm³/mol. The molecule has 0 aromatic carbocycles. The van der Waals surface area contributed by atoms with E-state index in [4.69, 9.17) is 46.1 Å². The molecule has 0 amide bonds. The van der Waals surface area contributed by atoms with Crippen LogP contribution in [-0.2, 0) is 55.2 Å². The summed E-state index contributed by atoms with van der Waals surface area (Å²) in [6.07, 6.45) is 0. The molecule has 0 aromatic heterocycles. The van der Waals surface area contributed by atoms with E-state index in [-0.39, 0.29) is 52.9 Å². The molecule has 184 valence electrons. The molecule has 2 aliphatic heterocycles.